The normalized spacial score (nSPS) is 23.1. The third-order valence-corrected chi connectivity index (χ3v) is 6.27. The summed E-state index contributed by atoms with van der Waals surface area (Å²) in [6, 6.07) is 9.28. The van der Waals surface area contributed by atoms with E-state index in [0.29, 0.717) is 18.7 Å². The minimum Gasteiger partial charge on any atom is -0.481 e. The van der Waals surface area contributed by atoms with E-state index in [0.717, 1.165) is 45.6 Å². The van der Waals surface area contributed by atoms with Crippen molar-refractivity contribution in [3.05, 3.63) is 35.9 Å². The van der Waals surface area contributed by atoms with Gasteiger partial charge in [-0.3, -0.25) is 19.3 Å². The van der Waals surface area contributed by atoms with Gasteiger partial charge in [0.15, 0.2) is 0 Å². The molecule has 1 N–H and O–H groups in total. The van der Waals surface area contributed by atoms with E-state index in [1.165, 1.54) is 0 Å². The SMILES string of the molecule is CC(=O)N1CCN(CC[C@@H]2CN(C(=O)c3ccccc3)CC[C@H]2CC(=O)O)CC1. The first-order valence-corrected chi connectivity index (χ1v) is 10.5. The number of piperazine rings is 1. The van der Waals surface area contributed by atoms with Crippen LogP contribution < -0.4 is 0 Å². The molecule has 7 heteroatoms. The van der Waals surface area contributed by atoms with Gasteiger partial charge in [-0.1, -0.05) is 18.2 Å². The van der Waals surface area contributed by atoms with Crippen LogP contribution in [-0.2, 0) is 9.59 Å². The summed E-state index contributed by atoms with van der Waals surface area (Å²) in [6.45, 7) is 6.89. The molecule has 0 aliphatic carbocycles. The van der Waals surface area contributed by atoms with Gasteiger partial charge in [-0.2, -0.15) is 0 Å². The summed E-state index contributed by atoms with van der Waals surface area (Å²) in [5, 5.41) is 9.31. The maximum atomic E-state index is 12.8. The topological polar surface area (TPSA) is 81.2 Å². The molecule has 3 rings (SSSR count). The average molecular weight is 402 g/mol. The number of amides is 2. The summed E-state index contributed by atoms with van der Waals surface area (Å²) >= 11 is 0. The zero-order valence-corrected chi connectivity index (χ0v) is 17.1. The third-order valence-electron chi connectivity index (χ3n) is 6.27. The summed E-state index contributed by atoms with van der Waals surface area (Å²) < 4.78 is 0. The summed E-state index contributed by atoms with van der Waals surface area (Å²) in [6.07, 6.45) is 1.76. The van der Waals surface area contributed by atoms with Gasteiger partial charge < -0.3 is 14.9 Å². The van der Waals surface area contributed by atoms with Crippen molar-refractivity contribution in [3.8, 4) is 0 Å². The lowest BCUT2D eigenvalue weighted by Gasteiger charge is -2.40. The Morgan fingerprint density at radius 3 is 2.28 bits per heavy atom. The van der Waals surface area contributed by atoms with Crippen LogP contribution in [0.25, 0.3) is 0 Å². The molecule has 0 spiro atoms. The fourth-order valence-corrected chi connectivity index (χ4v) is 4.48. The van der Waals surface area contributed by atoms with Crippen LogP contribution in [0.15, 0.2) is 30.3 Å². The molecule has 2 fully saturated rings. The lowest BCUT2D eigenvalue weighted by molar-refractivity contribution is -0.139. The van der Waals surface area contributed by atoms with E-state index in [1.54, 1.807) is 6.92 Å². The highest BCUT2D eigenvalue weighted by molar-refractivity contribution is 5.94. The van der Waals surface area contributed by atoms with Crippen molar-refractivity contribution in [1.82, 2.24) is 14.7 Å². The second kappa shape index (κ2) is 9.87. The van der Waals surface area contributed by atoms with Gasteiger partial charge >= 0.3 is 5.97 Å². The van der Waals surface area contributed by atoms with Gasteiger partial charge in [-0.15, -0.1) is 0 Å². The quantitative estimate of drug-likeness (QED) is 0.786. The highest BCUT2D eigenvalue weighted by Crippen LogP contribution is 2.30. The number of nitrogens with zero attached hydrogens (tertiary/aromatic N) is 3. The number of hydrogen-bond acceptors (Lipinski definition) is 4. The molecule has 29 heavy (non-hydrogen) atoms. The highest BCUT2D eigenvalue weighted by atomic mass is 16.4. The molecule has 7 nitrogen and oxygen atoms in total. The number of piperidine rings is 1. The van der Waals surface area contributed by atoms with Crippen molar-refractivity contribution in [2.45, 2.75) is 26.2 Å². The first-order valence-electron chi connectivity index (χ1n) is 10.5. The third kappa shape index (κ3) is 5.79. The fourth-order valence-electron chi connectivity index (χ4n) is 4.48. The van der Waals surface area contributed by atoms with E-state index in [4.69, 9.17) is 0 Å². The molecule has 2 atom stereocenters. The molecule has 1 aromatic rings. The van der Waals surface area contributed by atoms with Crippen LogP contribution in [0.2, 0.25) is 0 Å². The number of benzene rings is 1. The van der Waals surface area contributed by atoms with Crippen molar-refractivity contribution in [2.24, 2.45) is 11.8 Å². The molecule has 0 unspecified atom stereocenters. The Labute approximate surface area is 172 Å². The number of hydrogen-bond donors (Lipinski definition) is 1. The van der Waals surface area contributed by atoms with Crippen molar-refractivity contribution in [2.75, 3.05) is 45.8 Å². The maximum Gasteiger partial charge on any atom is 0.303 e. The Kier molecular flexibility index (Phi) is 7.25. The molecular formula is C22H31N3O4. The number of carbonyl (C=O) groups excluding carboxylic acids is 2. The standard InChI is InChI=1S/C22H31N3O4/c1-17(26)24-13-11-23(12-14-24)9-7-20-16-25(10-8-19(20)15-21(27)28)22(29)18-5-3-2-4-6-18/h2-6,19-20H,7-16H2,1H3,(H,27,28)/t19-,20+/m0/s1. The first-order chi connectivity index (χ1) is 13.9. The smallest absolute Gasteiger partial charge is 0.303 e. The van der Waals surface area contributed by atoms with E-state index >= 15 is 0 Å². The van der Waals surface area contributed by atoms with Crippen LogP contribution >= 0.6 is 0 Å². The van der Waals surface area contributed by atoms with Gasteiger partial charge in [0.05, 0.1) is 0 Å². The monoisotopic (exact) mass is 401 g/mol. The lowest BCUT2D eigenvalue weighted by atomic mass is 9.81. The maximum absolute atomic E-state index is 12.8. The van der Waals surface area contributed by atoms with Crippen LogP contribution in [-0.4, -0.2) is 83.4 Å². The molecule has 0 aromatic heterocycles. The van der Waals surface area contributed by atoms with Crippen molar-refractivity contribution >= 4 is 17.8 Å². The van der Waals surface area contributed by atoms with Crippen molar-refractivity contribution in [1.29, 1.82) is 0 Å². The minimum absolute atomic E-state index is 0.0273. The molecule has 2 aliphatic rings. The predicted molar refractivity (Wildman–Crippen MR) is 110 cm³/mol. The van der Waals surface area contributed by atoms with Gasteiger partial charge in [-0.25, -0.2) is 0 Å². The average Bonchev–Trinajstić information content (AvgIpc) is 2.73. The van der Waals surface area contributed by atoms with Gasteiger partial charge in [0, 0.05) is 58.2 Å². The van der Waals surface area contributed by atoms with Crippen molar-refractivity contribution in [3.63, 3.8) is 0 Å². The van der Waals surface area contributed by atoms with E-state index in [-0.39, 0.29) is 30.1 Å². The Morgan fingerprint density at radius 1 is 0.966 bits per heavy atom. The second-order valence-corrected chi connectivity index (χ2v) is 8.16. The van der Waals surface area contributed by atoms with Crippen LogP contribution in [0.4, 0.5) is 0 Å². The number of likely N-dealkylation sites (tertiary alicyclic amines) is 1. The number of carboxylic acid groups (broad SMARTS) is 1. The molecular weight excluding hydrogens is 370 g/mol. The molecule has 2 aliphatic heterocycles. The van der Waals surface area contributed by atoms with E-state index in [1.807, 2.05) is 40.1 Å². The molecule has 0 bridgehead atoms. The Morgan fingerprint density at radius 2 is 1.66 bits per heavy atom. The highest BCUT2D eigenvalue weighted by Gasteiger charge is 2.33. The number of rotatable bonds is 6. The Bertz CT molecular complexity index is 716. The van der Waals surface area contributed by atoms with Crippen molar-refractivity contribution < 1.29 is 19.5 Å². The zero-order valence-electron chi connectivity index (χ0n) is 17.1. The predicted octanol–water partition coefficient (Wildman–Crippen LogP) is 1.79. The van der Waals surface area contributed by atoms with E-state index < -0.39 is 5.97 Å². The van der Waals surface area contributed by atoms with Gasteiger partial charge in [0.25, 0.3) is 5.91 Å². The number of carboxylic acids is 1. The molecule has 2 saturated heterocycles. The molecule has 2 amide bonds. The Balaban J connectivity index is 1.58. The number of aliphatic carboxylic acids is 1. The number of carbonyl (C=O) groups is 3. The van der Waals surface area contributed by atoms with E-state index in [2.05, 4.69) is 4.90 Å². The van der Waals surface area contributed by atoms with Crippen LogP contribution in [0.5, 0.6) is 0 Å². The summed E-state index contributed by atoms with van der Waals surface area (Å²) in [5.41, 5.74) is 0.684. The van der Waals surface area contributed by atoms with Crippen LogP contribution in [0, 0.1) is 11.8 Å². The summed E-state index contributed by atoms with van der Waals surface area (Å²) in [7, 11) is 0. The van der Waals surface area contributed by atoms with Crippen LogP contribution in [0.1, 0.15) is 36.5 Å². The van der Waals surface area contributed by atoms with Gasteiger partial charge in [-0.05, 0) is 43.4 Å². The molecule has 0 saturated carbocycles. The molecule has 2 heterocycles. The fraction of sp³-hybridized carbons (Fsp3) is 0.591. The first kappa shape index (κ1) is 21.3. The largest absolute Gasteiger partial charge is 0.481 e. The minimum atomic E-state index is -0.766. The molecule has 1 aromatic carbocycles. The van der Waals surface area contributed by atoms with Gasteiger partial charge in [0.1, 0.15) is 0 Å². The molecule has 158 valence electrons. The van der Waals surface area contributed by atoms with E-state index in [9.17, 15) is 19.5 Å². The summed E-state index contributed by atoms with van der Waals surface area (Å²) in [4.78, 5) is 41.7. The Hall–Kier alpha value is -2.41. The summed E-state index contributed by atoms with van der Waals surface area (Å²) in [5.74, 6) is -0.338. The van der Waals surface area contributed by atoms with Gasteiger partial charge in [0.2, 0.25) is 5.91 Å². The molecule has 0 radical (unpaired) electrons. The zero-order chi connectivity index (χ0) is 20.8. The second-order valence-electron chi connectivity index (χ2n) is 8.16. The van der Waals surface area contributed by atoms with Crippen LogP contribution in [0.3, 0.4) is 0 Å². The lowest BCUT2D eigenvalue weighted by Crippen LogP contribution is -2.49.